The molecule has 1 atom stereocenters. The van der Waals surface area contributed by atoms with E-state index < -0.39 is 0 Å². The monoisotopic (exact) mass is 423 g/mol. The molecule has 3 rings (SSSR count). The Morgan fingerprint density at radius 1 is 1.03 bits per heavy atom. The van der Waals surface area contributed by atoms with Gasteiger partial charge in [-0.05, 0) is 42.0 Å². The van der Waals surface area contributed by atoms with Crippen molar-refractivity contribution in [1.82, 2.24) is 15.5 Å². The first kappa shape index (κ1) is 22.1. The first-order valence-corrected chi connectivity index (χ1v) is 11.2. The molecule has 0 bridgehead atoms. The van der Waals surface area contributed by atoms with Gasteiger partial charge in [0.2, 0.25) is 11.8 Å². The highest BCUT2D eigenvalue weighted by Gasteiger charge is 2.19. The van der Waals surface area contributed by atoms with Crippen molar-refractivity contribution in [2.45, 2.75) is 51.8 Å². The molecular formula is C24H29N3O2S. The van der Waals surface area contributed by atoms with Crippen LogP contribution < -0.4 is 5.32 Å². The van der Waals surface area contributed by atoms with Crippen molar-refractivity contribution in [1.29, 1.82) is 0 Å². The van der Waals surface area contributed by atoms with E-state index in [0.29, 0.717) is 17.0 Å². The average molecular weight is 424 g/mol. The lowest BCUT2D eigenvalue weighted by Crippen LogP contribution is -2.33. The molecule has 0 aliphatic heterocycles. The number of aromatic nitrogens is 2. The Morgan fingerprint density at radius 2 is 1.73 bits per heavy atom. The van der Waals surface area contributed by atoms with Crippen LogP contribution in [0.15, 0.2) is 58.2 Å². The quantitative estimate of drug-likeness (QED) is 0.466. The van der Waals surface area contributed by atoms with Gasteiger partial charge in [0.05, 0.1) is 11.8 Å². The molecular weight excluding hydrogens is 394 g/mol. The Hall–Kier alpha value is -2.60. The van der Waals surface area contributed by atoms with Gasteiger partial charge in [0, 0.05) is 5.56 Å². The van der Waals surface area contributed by atoms with E-state index in [-0.39, 0.29) is 23.6 Å². The van der Waals surface area contributed by atoms with Crippen LogP contribution in [0.2, 0.25) is 0 Å². The molecule has 0 radical (unpaired) electrons. The van der Waals surface area contributed by atoms with Crippen molar-refractivity contribution in [3.05, 3.63) is 65.2 Å². The highest BCUT2D eigenvalue weighted by atomic mass is 32.2. The second kappa shape index (κ2) is 9.94. The molecule has 1 N–H and O–H groups in total. The maximum atomic E-state index is 12.6. The second-order valence-corrected chi connectivity index (χ2v) is 9.07. The molecule has 1 heterocycles. The van der Waals surface area contributed by atoms with Crippen LogP contribution in [0.4, 0.5) is 0 Å². The summed E-state index contributed by atoms with van der Waals surface area (Å²) in [7, 11) is 0. The van der Waals surface area contributed by atoms with E-state index in [1.54, 1.807) is 0 Å². The molecule has 1 aromatic heterocycles. The summed E-state index contributed by atoms with van der Waals surface area (Å²) in [6.45, 7) is 10.6. The summed E-state index contributed by atoms with van der Waals surface area (Å²) in [4.78, 5) is 12.6. The average Bonchev–Trinajstić information content (AvgIpc) is 3.19. The molecule has 1 amide bonds. The van der Waals surface area contributed by atoms with E-state index >= 15 is 0 Å². The normalized spacial score (nSPS) is 12.4. The Balaban J connectivity index is 1.60. The maximum absolute atomic E-state index is 12.6. The van der Waals surface area contributed by atoms with Gasteiger partial charge in [0.1, 0.15) is 0 Å². The predicted molar refractivity (Wildman–Crippen MR) is 121 cm³/mol. The highest BCUT2D eigenvalue weighted by molar-refractivity contribution is 7.99. The molecule has 0 aliphatic rings. The second-order valence-electron chi connectivity index (χ2n) is 8.14. The standard InChI is InChI=1S/C24H29N3O2S/c1-15(2)18-9-11-19(12-10-18)22(16(3)4)25-21(28)14-30-24-27-26-23(29-24)20-8-6-7-17(5)13-20/h6-13,15-16,22H,14H2,1-5H3,(H,25,28)/t22-/m0/s1. The number of carbonyl (C=O) groups is 1. The lowest BCUT2D eigenvalue weighted by molar-refractivity contribution is -0.119. The smallest absolute Gasteiger partial charge is 0.277 e. The van der Waals surface area contributed by atoms with Gasteiger partial charge in [0.15, 0.2) is 0 Å². The first-order valence-electron chi connectivity index (χ1n) is 10.3. The Labute approximate surface area is 182 Å². The van der Waals surface area contributed by atoms with Crippen LogP contribution >= 0.6 is 11.8 Å². The molecule has 0 spiro atoms. The molecule has 0 fully saturated rings. The third-order valence-corrected chi connectivity index (χ3v) is 5.76. The van der Waals surface area contributed by atoms with Gasteiger partial charge in [-0.25, -0.2) is 0 Å². The minimum atomic E-state index is -0.0538. The summed E-state index contributed by atoms with van der Waals surface area (Å²) < 4.78 is 5.71. The number of hydrogen-bond donors (Lipinski definition) is 1. The Bertz CT molecular complexity index is 980. The van der Waals surface area contributed by atoms with Crippen LogP contribution in [-0.2, 0) is 4.79 Å². The van der Waals surface area contributed by atoms with Crippen LogP contribution in [0, 0.1) is 12.8 Å². The van der Waals surface area contributed by atoms with Gasteiger partial charge in [0.25, 0.3) is 5.22 Å². The van der Waals surface area contributed by atoms with Crippen molar-refractivity contribution in [2.75, 3.05) is 5.75 Å². The molecule has 0 aliphatic carbocycles. The zero-order valence-corrected chi connectivity index (χ0v) is 19.0. The van der Waals surface area contributed by atoms with Crippen LogP contribution in [0.5, 0.6) is 0 Å². The van der Waals surface area contributed by atoms with Gasteiger partial charge in [-0.2, -0.15) is 0 Å². The van der Waals surface area contributed by atoms with E-state index in [2.05, 4.69) is 67.5 Å². The molecule has 5 nitrogen and oxygen atoms in total. The predicted octanol–water partition coefficient (Wildman–Crippen LogP) is 5.77. The van der Waals surface area contributed by atoms with E-state index in [9.17, 15) is 4.79 Å². The minimum absolute atomic E-state index is 0.0372. The molecule has 30 heavy (non-hydrogen) atoms. The number of hydrogen-bond acceptors (Lipinski definition) is 5. The number of aryl methyl sites for hydroxylation is 1. The third-order valence-electron chi connectivity index (χ3n) is 4.94. The summed E-state index contributed by atoms with van der Waals surface area (Å²) in [5, 5.41) is 11.7. The van der Waals surface area contributed by atoms with Crippen molar-refractivity contribution < 1.29 is 9.21 Å². The fraction of sp³-hybridized carbons (Fsp3) is 0.375. The lowest BCUT2D eigenvalue weighted by atomic mass is 9.93. The SMILES string of the molecule is Cc1cccc(-c2nnc(SCC(=O)N[C@H](c3ccc(C(C)C)cc3)C(C)C)o2)c1. The van der Waals surface area contributed by atoms with Crippen LogP contribution in [0.3, 0.4) is 0 Å². The summed E-state index contributed by atoms with van der Waals surface area (Å²) in [5.74, 6) is 1.40. The molecule has 158 valence electrons. The number of benzene rings is 2. The lowest BCUT2D eigenvalue weighted by Gasteiger charge is -2.23. The zero-order chi connectivity index (χ0) is 21.7. The summed E-state index contributed by atoms with van der Waals surface area (Å²) >= 11 is 1.25. The molecule has 3 aromatic rings. The molecule has 2 aromatic carbocycles. The maximum Gasteiger partial charge on any atom is 0.277 e. The largest absolute Gasteiger partial charge is 0.411 e. The zero-order valence-electron chi connectivity index (χ0n) is 18.2. The van der Waals surface area contributed by atoms with Crippen LogP contribution in [-0.4, -0.2) is 21.9 Å². The Kier molecular flexibility index (Phi) is 7.32. The number of nitrogens with one attached hydrogen (secondary N) is 1. The van der Waals surface area contributed by atoms with Crippen LogP contribution in [0.1, 0.15) is 56.3 Å². The minimum Gasteiger partial charge on any atom is -0.411 e. The molecule has 0 unspecified atom stereocenters. The molecule has 0 saturated heterocycles. The van der Waals surface area contributed by atoms with Crippen molar-refractivity contribution in [2.24, 2.45) is 5.92 Å². The van der Waals surface area contributed by atoms with E-state index in [4.69, 9.17) is 4.42 Å². The molecule has 6 heteroatoms. The summed E-state index contributed by atoms with van der Waals surface area (Å²) in [6.07, 6.45) is 0. The topological polar surface area (TPSA) is 68.0 Å². The number of carbonyl (C=O) groups excluding carboxylic acids is 1. The van der Waals surface area contributed by atoms with Gasteiger partial charge in [-0.15, -0.1) is 10.2 Å². The number of thioether (sulfide) groups is 1. The fourth-order valence-electron chi connectivity index (χ4n) is 3.23. The van der Waals surface area contributed by atoms with E-state index in [1.807, 2.05) is 31.2 Å². The summed E-state index contributed by atoms with van der Waals surface area (Å²) in [6, 6.07) is 16.4. The highest BCUT2D eigenvalue weighted by Crippen LogP contribution is 2.26. The van der Waals surface area contributed by atoms with Gasteiger partial charge < -0.3 is 9.73 Å². The van der Waals surface area contributed by atoms with Gasteiger partial charge in [-0.1, -0.05) is 81.4 Å². The van der Waals surface area contributed by atoms with Gasteiger partial charge >= 0.3 is 0 Å². The first-order chi connectivity index (χ1) is 14.3. The van der Waals surface area contributed by atoms with Crippen LogP contribution in [0.25, 0.3) is 11.5 Å². The third kappa shape index (κ3) is 5.72. The van der Waals surface area contributed by atoms with E-state index in [1.165, 1.54) is 17.3 Å². The van der Waals surface area contributed by atoms with Crippen molar-refractivity contribution >= 4 is 17.7 Å². The number of amides is 1. The Morgan fingerprint density at radius 3 is 2.37 bits per heavy atom. The number of rotatable bonds is 8. The number of nitrogens with zero attached hydrogens (tertiary/aromatic N) is 2. The van der Waals surface area contributed by atoms with Gasteiger partial charge in [-0.3, -0.25) is 4.79 Å². The summed E-state index contributed by atoms with van der Waals surface area (Å²) in [5.41, 5.74) is 4.42. The molecule has 0 saturated carbocycles. The fourth-order valence-corrected chi connectivity index (χ4v) is 3.80. The van der Waals surface area contributed by atoms with Crippen molar-refractivity contribution in [3.8, 4) is 11.5 Å². The van der Waals surface area contributed by atoms with Crippen molar-refractivity contribution in [3.63, 3.8) is 0 Å². The van der Waals surface area contributed by atoms with E-state index in [0.717, 1.165) is 16.7 Å².